The molecule has 5 rings (SSSR count). The van der Waals surface area contributed by atoms with Crippen LogP contribution in [0.5, 0.6) is 0 Å². The van der Waals surface area contributed by atoms with E-state index in [1.165, 1.54) is 11.3 Å². The summed E-state index contributed by atoms with van der Waals surface area (Å²) in [5.41, 5.74) is 6.73. The average molecular weight is 482 g/mol. The number of rotatable bonds is 6. The van der Waals surface area contributed by atoms with Crippen LogP contribution in [0.2, 0.25) is 0 Å². The minimum atomic E-state index is -0.199. The van der Waals surface area contributed by atoms with Crippen molar-refractivity contribution in [3.8, 4) is 16.9 Å². The third kappa shape index (κ3) is 5.10. The van der Waals surface area contributed by atoms with E-state index in [1.807, 2.05) is 74.7 Å². The van der Waals surface area contributed by atoms with Gasteiger partial charge in [0.1, 0.15) is 12.2 Å². The van der Waals surface area contributed by atoms with Crippen molar-refractivity contribution < 1.29 is 4.79 Å². The first-order chi connectivity index (χ1) is 16.9. The number of anilines is 3. The Morgan fingerprint density at radius 3 is 2.71 bits per heavy atom. The molecule has 8 nitrogen and oxygen atoms in total. The summed E-state index contributed by atoms with van der Waals surface area (Å²) < 4.78 is 1.69. The van der Waals surface area contributed by atoms with Crippen LogP contribution in [-0.4, -0.2) is 30.6 Å². The van der Waals surface area contributed by atoms with Gasteiger partial charge in [0.2, 0.25) is 0 Å². The maximum atomic E-state index is 13.1. The molecule has 0 aliphatic heterocycles. The summed E-state index contributed by atoms with van der Waals surface area (Å²) >= 11 is 1.50. The van der Waals surface area contributed by atoms with E-state index < -0.39 is 0 Å². The molecule has 1 amide bonds. The van der Waals surface area contributed by atoms with Gasteiger partial charge in [-0.2, -0.15) is 5.10 Å². The number of aromatic nitrogens is 5. The van der Waals surface area contributed by atoms with Gasteiger partial charge in [0.25, 0.3) is 5.91 Å². The van der Waals surface area contributed by atoms with Gasteiger partial charge in [0, 0.05) is 40.3 Å². The molecule has 3 aromatic heterocycles. The number of nitrogens with zero attached hydrogens (tertiary/aromatic N) is 5. The van der Waals surface area contributed by atoms with E-state index in [0.29, 0.717) is 17.1 Å². The van der Waals surface area contributed by atoms with Crippen molar-refractivity contribution in [1.29, 1.82) is 0 Å². The zero-order valence-corrected chi connectivity index (χ0v) is 20.3. The molecule has 5 aromatic rings. The lowest BCUT2D eigenvalue weighted by Crippen LogP contribution is -2.13. The molecule has 2 aromatic carbocycles. The van der Waals surface area contributed by atoms with E-state index in [1.54, 1.807) is 23.4 Å². The summed E-state index contributed by atoms with van der Waals surface area (Å²) in [6.07, 6.45) is 5.18. The molecule has 174 valence electrons. The van der Waals surface area contributed by atoms with Gasteiger partial charge in [0.15, 0.2) is 5.13 Å². The fourth-order valence-corrected chi connectivity index (χ4v) is 4.36. The third-order valence-corrected chi connectivity index (χ3v) is 6.15. The Hall–Kier alpha value is -4.37. The van der Waals surface area contributed by atoms with Crippen LogP contribution >= 0.6 is 11.3 Å². The van der Waals surface area contributed by atoms with Crippen molar-refractivity contribution in [2.45, 2.75) is 20.8 Å². The molecule has 0 fully saturated rings. The van der Waals surface area contributed by atoms with Crippen LogP contribution < -0.4 is 10.6 Å². The van der Waals surface area contributed by atoms with Gasteiger partial charge < -0.3 is 10.6 Å². The molecule has 2 N–H and O–H groups in total. The highest BCUT2D eigenvalue weighted by atomic mass is 32.1. The lowest BCUT2D eigenvalue weighted by Gasteiger charge is -2.12. The van der Waals surface area contributed by atoms with Crippen LogP contribution in [-0.2, 0) is 0 Å². The topological polar surface area (TPSA) is 97.6 Å². The Morgan fingerprint density at radius 1 is 1.06 bits per heavy atom. The second kappa shape index (κ2) is 9.47. The maximum Gasteiger partial charge on any atom is 0.255 e. The second-order valence-electron chi connectivity index (χ2n) is 8.18. The number of amides is 1. The van der Waals surface area contributed by atoms with E-state index in [4.69, 9.17) is 0 Å². The molecule has 0 atom stereocenters. The van der Waals surface area contributed by atoms with Crippen molar-refractivity contribution in [3.63, 3.8) is 0 Å². The zero-order chi connectivity index (χ0) is 24.4. The Labute approximate surface area is 206 Å². The highest BCUT2D eigenvalue weighted by Gasteiger charge is 2.12. The zero-order valence-electron chi connectivity index (χ0n) is 19.5. The molecule has 0 radical (unpaired) electrons. The van der Waals surface area contributed by atoms with E-state index >= 15 is 0 Å². The maximum absolute atomic E-state index is 13.1. The van der Waals surface area contributed by atoms with Crippen molar-refractivity contribution in [2.24, 2.45) is 0 Å². The van der Waals surface area contributed by atoms with Crippen molar-refractivity contribution in [3.05, 3.63) is 95.1 Å². The number of thiazole rings is 1. The number of hydrogen-bond acceptors (Lipinski definition) is 7. The molecular formula is C26H23N7OS. The molecule has 0 saturated carbocycles. The molecule has 35 heavy (non-hydrogen) atoms. The van der Waals surface area contributed by atoms with Crippen LogP contribution in [0.1, 0.15) is 27.3 Å². The van der Waals surface area contributed by atoms with E-state index in [0.717, 1.165) is 38.9 Å². The number of carbonyl (C=O) groups excluding carboxylic acids is 1. The van der Waals surface area contributed by atoms with Gasteiger partial charge in [-0.3, -0.25) is 9.78 Å². The minimum absolute atomic E-state index is 0.199. The number of nitrogens with one attached hydrogen (secondary N) is 2. The first kappa shape index (κ1) is 22.4. The van der Waals surface area contributed by atoms with Crippen LogP contribution in [0.4, 0.5) is 16.5 Å². The van der Waals surface area contributed by atoms with Gasteiger partial charge in [-0.05, 0) is 74.4 Å². The molecule has 0 aliphatic carbocycles. The van der Waals surface area contributed by atoms with Gasteiger partial charge in [-0.15, -0.1) is 11.3 Å². The smallest absolute Gasteiger partial charge is 0.255 e. The summed E-state index contributed by atoms with van der Waals surface area (Å²) in [4.78, 5) is 26.1. The molecule has 0 saturated heterocycles. The van der Waals surface area contributed by atoms with E-state index in [-0.39, 0.29) is 5.91 Å². The summed E-state index contributed by atoms with van der Waals surface area (Å²) in [7, 11) is 0. The number of hydrogen-bond donors (Lipinski definition) is 2. The lowest BCUT2D eigenvalue weighted by molar-refractivity contribution is 0.102. The van der Waals surface area contributed by atoms with Crippen molar-refractivity contribution in [2.75, 3.05) is 10.6 Å². The SMILES string of the molecule is Cc1cc(NC(=O)c2ccc(C)c(Nc3nc(-c4cccnc4)cs3)c2)cc(-n2cnc(C)n2)c1. The molecule has 0 spiro atoms. The fraction of sp³-hybridized carbons (Fsp3) is 0.115. The summed E-state index contributed by atoms with van der Waals surface area (Å²) in [5, 5.41) is 13.4. The van der Waals surface area contributed by atoms with Crippen LogP contribution in [0, 0.1) is 20.8 Å². The predicted molar refractivity (Wildman–Crippen MR) is 139 cm³/mol. The number of benzene rings is 2. The number of aryl methyl sites for hydroxylation is 3. The van der Waals surface area contributed by atoms with Gasteiger partial charge >= 0.3 is 0 Å². The van der Waals surface area contributed by atoms with E-state index in [2.05, 4.69) is 30.7 Å². The fourth-order valence-electron chi connectivity index (χ4n) is 3.63. The van der Waals surface area contributed by atoms with Gasteiger partial charge in [0.05, 0.1) is 11.4 Å². The Balaban J connectivity index is 1.35. The molecule has 0 bridgehead atoms. The highest BCUT2D eigenvalue weighted by Crippen LogP contribution is 2.29. The third-order valence-electron chi connectivity index (χ3n) is 5.39. The average Bonchev–Trinajstić information content (AvgIpc) is 3.50. The first-order valence-electron chi connectivity index (χ1n) is 11.0. The van der Waals surface area contributed by atoms with Crippen molar-refractivity contribution in [1.82, 2.24) is 24.7 Å². The quantitative estimate of drug-likeness (QED) is 0.323. The summed E-state index contributed by atoms with van der Waals surface area (Å²) in [6.45, 7) is 5.81. The normalized spacial score (nSPS) is 10.8. The molecule has 0 aliphatic rings. The lowest BCUT2D eigenvalue weighted by atomic mass is 10.1. The predicted octanol–water partition coefficient (Wildman–Crippen LogP) is 5.71. The second-order valence-corrected chi connectivity index (χ2v) is 9.04. The van der Waals surface area contributed by atoms with E-state index in [9.17, 15) is 4.79 Å². The van der Waals surface area contributed by atoms with Gasteiger partial charge in [-0.25, -0.2) is 14.6 Å². The standard InChI is InChI=1S/C26H23N7OS/c1-16-9-21(12-22(10-16)33-15-28-18(3)32-33)29-25(34)19-7-6-17(2)23(11-19)30-26-31-24(14-35-26)20-5-4-8-27-13-20/h4-15H,1-3H3,(H,29,34)(H,30,31). The monoisotopic (exact) mass is 481 g/mol. The molecule has 3 heterocycles. The van der Waals surface area contributed by atoms with Crippen LogP contribution in [0.25, 0.3) is 16.9 Å². The van der Waals surface area contributed by atoms with Crippen LogP contribution in [0.15, 0.2) is 72.6 Å². The molecule has 9 heteroatoms. The minimum Gasteiger partial charge on any atom is -0.331 e. The summed E-state index contributed by atoms with van der Waals surface area (Å²) in [5.74, 6) is 0.485. The van der Waals surface area contributed by atoms with Crippen molar-refractivity contribution >= 4 is 33.8 Å². The Morgan fingerprint density at radius 2 is 1.94 bits per heavy atom. The van der Waals surface area contributed by atoms with Gasteiger partial charge in [-0.1, -0.05) is 6.07 Å². The largest absolute Gasteiger partial charge is 0.331 e. The first-order valence-corrected chi connectivity index (χ1v) is 11.9. The highest BCUT2D eigenvalue weighted by molar-refractivity contribution is 7.14. The molecule has 0 unspecified atom stereocenters. The Kier molecular flexibility index (Phi) is 6.07. The van der Waals surface area contributed by atoms with Crippen LogP contribution in [0.3, 0.4) is 0 Å². The molecular weight excluding hydrogens is 458 g/mol. The number of pyridine rings is 1. The Bertz CT molecular complexity index is 1510. The number of carbonyl (C=O) groups is 1. The summed E-state index contributed by atoms with van der Waals surface area (Å²) in [6, 6.07) is 15.2.